The maximum atomic E-state index is 14.0. The second-order valence-electron chi connectivity index (χ2n) is 6.73. The van der Waals surface area contributed by atoms with Gasteiger partial charge >= 0.3 is 0 Å². The lowest BCUT2D eigenvalue weighted by Crippen LogP contribution is -2.29. The van der Waals surface area contributed by atoms with E-state index in [0.29, 0.717) is 34.1 Å². The Morgan fingerprint density at radius 3 is 2.34 bits per heavy atom. The average Bonchev–Trinajstić information content (AvgIpc) is 3.21. The molecule has 0 saturated heterocycles. The van der Waals surface area contributed by atoms with Gasteiger partial charge in [0.15, 0.2) is 0 Å². The van der Waals surface area contributed by atoms with Crippen molar-refractivity contribution < 1.29 is 14.0 Å². The van der Waals surface area contributed by atoms with Crippen LogP contribution in [0, 0.1) is 5.82 Å². The van der Waals surface area contributed by atoms with E-state index in [-0.39, 0.29) is 17.6 Å². The van der Waals surface area contributed by atoms with E-state index in [4.69, 9.17) is 0 Å². The first-order valence-corrected chi connectivity index (χ1v) is 10.0. The van der Waals surface area contributed by atoms with Crippen LogP contribution in [-0.2, 0) is 6.54 Å². The van der Waals surface area contributed by atoms with Gasteiger partial charge in [0.25, 0.3) is 11.8 Å². The highest BCUT2D eigenvalue weighted by atomic mass is 32.1. The molecule has 0 aliphatic rings. The third kappa shape index (κ3) is 4.68. The number of thiazole rings is 1. The molecule has 29 heavy (non-hydrogen) atoms. The summed E-state index contributed by atoms with van der Waals surface area (Å²) in [6.07, 6.45) is 1.50. The fraction of sp³-hybridized carbons (Fsp3) is 0.227. The number of aromatic nitrogens is 1. The van der Waals surface area contributed by atoms with Gasteiger partial charge in [0.2, 0.25) is 0 Å². The zero-order valence-electron chi connectivity index (χ0n) is 16.6. The number of carbonyl (C=O) groups is 2. The van der Waals surface area contributed by atoms with Crippen LogP contribution in [0.2, 0.25) is 0 Å². The summed E-state index contributed by atoms with van der Waals surface area (Å²) < 4.78 is 14.0. The smallest absolute Gasteiger partial charge is 0.265 e. The van der Waals surface area contributed by atoms with Crippen molar-refractivity contribution in [1.29, 1.82) is 0 Å². The van der Waals surface area contributed by atoms with Crippen LogP contribution in [0.25, 0.3) is 10.6 Å². The van der Waals surface area contributed by atoms with Gasteiger partial charge in [-0.1, -0.05) is 24.3 Å². The molecule has 0 atom stereocenters. The average molecular weight is 412 g/mol. The first kappa shape index (κ1) is 20.7. The minimum absolute atomic E-state index is 0.0645. The van der Waals surface area contributed by atoms with E-state index in [1.807, 2.05) is 19.1 Å². The molecule has 7 heteroatoms. The molecule has 150 valence electrons. The number of hydrogen-bond donors (Lipinski definition) is 0. The number of amides is 2. The summed E-state index contributed by atoms with van der Waals surface area (Å²) in [6.45, 7) is 2.84. The first-order chi connectivity index (χ1) is 13.9. The summed E-state index contributed by atoms with van der Waals surface area (Å²) in [5.74, 6) is -0.577. The third-order valence-electron chi connectivity index (χ3n) is 4.47. The minimum atomic E-state index is -0.361. The van der Waals surface area contributed by atoms with Crippen LogP contribution in [0.5, 0.6) is 0 Å². The number of halogens is 1. The molecule has 2 amide bonds. The minimum Gasteiger partial charge on any atom is -0.345 e. The highest BCUT2D eigenvalue weighted by Gasteiger charge is 2.19. The van der Waals surface area contributed by atoms with E-state index in [2.05, 4.69) is 4.98 Å². The summed E-state index contributed by atoms with van der Waals surface area (Å²) >= 11 is 1.18. The zero-order chi connectivity index (χ0) is 21.0. The molecule has 3 aromatic rings. The molecule has 1 aromatic heterocycles. The Hall–Kier alpha value is -3.06. The Balaban J connectivity index is 1.74. The van der Waals surface area contributed by atoms with Gasteiger partial charge in [-0.25, -0.2) is 9.37 Å². The standard InChI is InChI=1S/C22H22FN3O2S/c1-4-26(14-15-9-11-16(12-10-15)21(27)25(2)3)22(28)19-13-24-20(29-19)17-7-5-6-8-18(17)23/h5-13H,4,14H2,1-3H3. The fourth-order valence-electron chi connectivity index (χ4n) is 2.85. The summed E-state index contributed by atoms with van der Waals surface area (Å²) in [5.41, 5.74) is 1.92. The lowest BCUT2D eigenvalue weighted by atomic mass is 10.1. The topological polar surface area (TPSA) is 53.5 Å². The zero-order valence-corrected chi connectivity index (χ0v) is 17.4. The van der Waals surface area contributed by atoms with Gasteiger partial charge in [-0.05, 0) is 36.8 Å². The molecular formula is C22H22FN3O2S. The molecule has 0 spiro atoms. The predicted octanol–water partition coefficient (Wildman–Crippen LogP) is 4.31. The van der Waals surface area contributed by atoms with Crippen LogP contribution >= 0.6 is 11.3 Å². The highest BCUT2D eigenvalue weighted by Crippen LogP contribution is 2.28. The Morgan fingerprint density at radius 2 is 1.72 bits per heavy atom. The predicted molar refractivity (Wildman–Crippen MR) is 112 cm³/mol. The van der Waals surface area contributed by atoms with Crippen LogP contribution in [0.4, 0.5) is 4.39 Å². The second-order valence-corrected chi connectivity index (χ2v) is 7.76. The molecule has 1 heterocycles. The van der Waals surface area contributed by atoms with E-state index >= 15 is 0 Å². The van der Waals surface area contributed by atoms with Gasteiger partial charge in [0.1, 0.15) is 15.7 Å². The summed E-state index contributed by atoms with van der Waals surface area (Å²) in [6, 6.07) is 13.6. The third-order valence-corrected chi connectivity index (χ3v) is 5.49. The molecule has 0 saturated carbocycles. The Labute approximate surface area is 173 Å². The summed E-state index contributed by atoms with van der Waals surface area (Å²) in [5, 5.41) is 0.481. The van der Waals surface area contributed by atoms with Crippen LogP contribution in [0.15, 0.2) is 54.7 Å². The molecule has 0 bridgehead atoms. The van der Waals surface area contributed by atoms with Gasteiger partial charge < -0.3 is 9.80 Å². The fourth-order valence-corrected chi connectivity index (χ4v) is 3.76. The molecule has 2 aromatic carbocycles. The lowest BCUT2D eigenvalue weighted by Gasteiger charge is -2.20. The lowest BCUT2D eigenvalue weighted by molar-refractivity contribution is 0.0756. The molecule has 0 unspecified atom stereocenters. The number of nitrogens with zero attached hydrogens (tertiary/aromatic N) is 3. The monoisotopic (exact) mass is 411 g/mol. The molecule has 5 nitrogen and oxygen atoms in total. The van der Waals surface area contributed by atoms with E-state index in [1.165, 1.54) is 28.5 Å². The van der Waals surface area contributed by atoms with Crippen molar-refractivity contribution >= 4 is 23.2 Å². The van der Waals surface area contributed by atoms with Crippen molar-refractivity contribution in [2.75, 3.05) is 20.6 Å². The largest absolute Gasteiger partial charge is 0.345 e. The summed E-state index contributed by atoms with van der Waals surface area (Å²) in [4.78, 5) is 32.8. The second kappa shape index (κ2) is 8.96. The number of rotatable bonds is 6. The SMILES string of the molecule is CCN(Cc1ccc(C(=O)N(C)C)cc1)C(=O)c1cnc(-c2ccccc2F)s1. The number of benzene rings is 2. The molecular weight excluding hydrogens is 389 g/mol. The first-order valence-electron chi connectivity index (χ1n) is 9.21. The maximum absolute atomic E-state index is 14.0. The van der Waals surface area contributed by atoms with E-state index in [9.17, 15) is 14.0 Å². The molecule has 0 N–H and O–H groups in total. The number of hydrogen-bond acceptors (Lipinski definition) is 4. The van der Waals surface area contributed by atoms with Crippen LogP contribution in [0.3, 0.4) is 0 Å². The normalized spacial score (nSPS) is 10.6. The van der Waals surface area contributed by atoms with Gasteiger partial charge in [-0.3, -0.25) is 9.59 Å². The molecule has 0 radical (unpaired) electrons. The van der Waals surface area contributed by atoms with Crippen molar-refractivity contribution in [3.63, 3.8) is 0 Å². The van der Waals surface area contributed by atoms with Crippen molar-refractivity contribution in [2.24, 2.45) is 0 Å². The highest BCUT2D eigenvalue weighted by molar-refractivity contribution is 7.16. The molecule has 0 aliphatic heterocycles. The Bertz CT molecular complexity index is 1010. The van der Waals surface area contributed by atoms with Crippen LogP contribution < -0.4 is 0 Å². The van der Waals surface area contributed by atoms with Gasteiger partial charge in [0, 0.05) is 38.3 Å². The van der Waals surface area contributed by atoms with E-state index in [1.54, 1.807) is 49.3 Å². The van der Waals surface area contributed by atoms with Gasteiger partial charge in [0.05, 0.1) is 6.20 Å². The van der Waals surface area contributed by atoms with E-state index < -0.39 is 0 Å². The quantitative estimate of drug-likeness (QED) is 0.607. The van der Waals surface area contributed by atoms with Crippen molar-refractivity contribution in [1.82, 2.24) is 14.8 Å². The van der Waals surface area contributed by atoms with Crippen molar-refractivity contribution in [3.05, 3.63) is 76.5 Å². The summed E-state index contributed by atoms with van der Waals surface area (Å²) in [7, 11) is 3.41. The maximum Gasteiger partial charge on any atom is 0.265 e. The van der Waals surface area contributed by atoms with Crippen LogP contribution in [-0.4, -0.2) is 47.2 Å². The molecule has 0 fully saturated rings. The van der Waals surface area contributed by atoms with Crippen molar-refractivity contribution in [3.8, 4) is 10.6 Å². The number of carbonyl (C=O) groups excluding carboxylic acids is 2. The van der Waals surface area contributed by atoms with Crippen LogP contribution in [0.1, 0.15) is 32.5 Å². The molecule has 0 aliphatic carbocycles. The Kier molecular flexibility index (Phi) is 6.39. The van der Waals surface area contributed by atoms with Crippen molar-refractivity contribution in [2.45, 2.75) is 13.5 Å². The Morgan fingerprint density at radius 1 is 1.03 bits per heavy atom. The van der Waals surface area contributed by atoms with E-state index in [0.717, 1.165) is 5.56 Å². The van der Waals surface area contributed by atoms with Gasteiger partial charge in [-0.2, -0.15) is 0 Å². The molecule has 3 rings (SSSR count). The van der Waals surface area contributed by atoms with Gasteiger partial charge in [-0.15, -0.1) is 11.3 Å².